The molecular formula is C12H22N4O2. The first kappa shape index (κ1) is 14.7. The van der Waals surface area contributed by atoms with Crippen molar-refractivity contribution >= 4 is 11.8 Å². The Kier molecular flexibility index (Phi) is 5.80. The maximum atomic E-state index is 9.37. The molecule has 0 aliphatic carbocycles. The zero-order valence-corrected chi connectivity index (χ0v) is 11.0. The van der Waals surface area contributed by atoms with Gasteiger partial charge in [0.1, 0.15) is 5.82 Å². The van der Waals surface area contributed by atoms with Crippen LogP contribution in [0.4, 0.5) is 11.8 Å². The third kappa shape index (κ3) is 3.82. The summed E-state index contributed by atoms with van der Waals surface area (Å²) in [6.07, 6.45) is 3.23. The molecule has 0 saturated heterocycles. The second-order valence-corrected chi connectivity index (χ2v) is 4.27. The molecule has 1 aromatic heterocycles. The lowest BCUT2D eigenvalue weighted by Crippen LogP contribution is -2.45. The Bertz CT molecular complexity index is 347. The van der Waals surface area contributed by atoms with E-state index in [1.54, 1.807) is 12.3 Å². The van der Waals surface area contributed by atoms with E-state index in [4.69, 9.17) is 0 Å². The Morgan fingerprint density at radius 2 is 2.00 bits per heavy atom. The molecule has 0 radical (unpaired) electrons. The van der Waals surface area contributed by atoms with Crippen molar-refractivity contribution in [1.82, 2.24) is 9.97 Å². The van der Waals surface area contributed by atoms with E-state index < -0.39 is 5.54 Å². The van der Waals surface area contributed by atoms with Gasteiger partial charge in [0, 0.05) is 12.7 Å². The molecule has 4 N–H and O–H groups in total. The largest absolute Gasteiger partial charge is 0.394 e. The summed E-state index contributed by atoms with van der Waals surface area (Å²) in [4.78, 5) is 8.38. The predicted molar refractivity (Wildman–Crippen MR) is 71.6 cm³/mol. The molecule has 6 nitrogen and oxygen atoms in total. The third-order valence-corrected chi connectivity index (χ3v) is 2.86. The van der Waals surface area contributed by atoms with Crippen LogP contribution in [0, 0.1) is 0 Å². The van der Waals surface area contributed by atoms with E-state index in [2.05, 4.69) is 27.5 Å². The minimum atomic E-state index is -0.740. The molecule has 0 amide bonds. The van der Waals surface area contributed by atoms with Gasteiger partial charge in [-0.2, -0.15) is 4.98 Å². The predicted octanol–water partition coefficient (Wildman–Crippen LogP) is 0.844. The minimum Gasteiger partial charge on any atom is -0.394 e. The zero-order valence-electron chi connectivity index (χ0n) is 11.0. The Labute approximate surface area is 107 Å². The Balaban J connectivity index is 2.77. The van der Waals surface area contributed by atoms with Crippen LogP contribution in [0.15, 0.2) is 12.3 Å². The molecule has 0 bridgehead atoms. The fourth-order valence-corrected chi connectivity index (χ4v) is 1.46. The van der Waals surface area contributed by atoms with Gasteiger partial charge >= 0.3 is 0 Å². The highest BCUT2D eigenvalue weighted by molar-refractivity contribution is 5.42. The van der Waals surface area contributed by atoms with E-state index in [-0.39, 0.29) is 13.2 Å². The molecule has 1 rings (SSSR count). The second kappa shape index (κ2) is 7.13. The molecule has 6 heteroatoms. The van der Waals surface area contributed by atoms with E-state index in [0.717, 1.165) is 13.0 Å². The monoisotopic (exact) mass is 254 g/mol. The highest BCUT2D eigenvalue weighted by Gasteiger charge is 2.26. The third-order valence-electron chi connectivity index (χ3n) is 2.86. The first-order valence-electron chi connectivity index (χ1n) is 6.26. The van der Waals surface area contributed by atoms with Crippen molar-refractivity contribution in [3.05, 3.63) is 12.3 Å². The maximum Gasteiger partial charge on any atom is 0.224 e. The van der Waals surface area contributed by atoms with Crippen LogP contribution in [0.1, 0.15) is 26.7 Å². The first-order valence-corrected chi connectivity index (χ1v) is 6.26. The van der Waals surface area contributed by atoms with Gasteiger partial charge in [-0.25, -0.2) is 4.98 Å². The topological polar surface area (TPSA) is 90.3 Å². The molecule has 0 saturated carbocycles. The molecule has 1 aromatic rings. The number of nitrogens with zero attached hydrogens (tertiary/aromatic N) is 2. The summed E-state index contributed by atoms with van der Waals surface area (Å²) in [5, 5.41) is 24.9. The van der Waals surface area contributed by atoms with Gasteiger partial charge in [-0.3, -0.25) is 0 Å². The van der Waals surface area contributed by atoms with Crippen LogP contribution in [0.2, 0.25) is 0 Å². The van der Waals surface area contributed by atoms with Crippen LogP contribution in [-0.4, -0.2) is 45.5 Å². The van der Waals surface area contributed by atoms with Crippen molar-refractivity contribution in [2.45, 2.75) is 32.2 Å². The van der Waals surface area contributed by atoms with Crippen LogP contribution in [0.3, 0.4) is 0 Å². The van der Waals surface area contributed by atoms with Crippen LogP contribution in [-0.2, 0) is 0 Å². The summed E-state index contributed by atoms with van der Waals surface area (Å²) in [5.74, 6) is 1.14. The Hall–Kier alpha value is -1.40. The number of rotatable bonds is 8. The highest BCUT2D eigenvalue weighted by Crippen LogP contribution is 2.17. The molecule has 18 heavy (non-hydrogen) atoms. The molecule has 0 aliphatic heterocycles. The Morgan fingerprint density at radius 1 is 1.28 bits per heavy atom. The van der Waals surface area contributed by atoms with E-state index in [0.29, 0.717) is 18.2 Å². The molecule has 0 aliphatic rings. The normalized spacial score (nSPS) is 11.3. The number of anilines is 2. The Morgan fingerprint density at radius 3 is 2.56 bits per heavy atom. The van der Waals surface area contributed by atoms with Crippen LogP contribution in [0.25, 0.3) is 0 Å². The van der Waals surface area contributed by atoms with E-state index >= 15 is 0 Å². The van der Waals surface area contributed by atoms with Crippen LogP contribution < -0.4 is 10.6 Å². The zero-order chi connectivity index (χ0) is 13.4. The summed E-state index contributed by atoms with van der Waals surface area (Å²) >= 11 is 0. The molecule has 102 valence electrons. The molecule has 1 heterocycles. The van der Waals surface area contributed by atoms with E-state index in [9.17, 15) is 10.2 Å². The summed E-state index contributed by atoms with van der Waals surface area (Å²) in [6.45, 7) is 4.47. The van der Waals surface area contributed by atoms with E-state index in [1.165, 1.54) is 0 Å². The van der Waals surface area contributed by atoms with Crippen molar-refractivity contribution in [2.75, 3.05) is 30.4 Å². The molecule has 0 spiro atoms. The number of nitrogens with one attached hydrogen (secondary N) is 2. The van der Waals surface area contributed by atoms with Crippen molar-refractivity contribution in [1.29, 1.82) is 0 Å². The molecule has 0 atom stereocenters. The number of aromatic nitrogens is 2. The van der Waals surface area contributed by atoms with Gasteiger partial charge in [0.25, 0.3) is 0 Å². The van der Waals surface area contributed by atoms with Gasteiger partial charge in [-0.05, 0) is 18.9 Å². The second-order valence-electron chi connectivity index (χ2n) is 4.27. The first-order chi connectivity index (χ1) is 8.69. The highest BCUT2D eigenvalue weighted by atomic mass is 16.3. The lowest BCUT2D eigenvalue weighted by molar-refractivity contribution is 0.132. The fraction of sp³-hybridized carbons (Fsp3) is 0.667. The average molecular weight is 254 g/mol. The van der Waals surface area contributed by atoms with Crippen LogP contribution >= 0.6 is 0 Å². The lowest BCUT2D eigenvalue weighted by atomic mass is 9.98. The SMILES string of the molecule is CCCNc1nccc(NC(CC)(CO)CO)n1. The lowest BCUT2D eigenvalue weighted by Gasteiger charge is -2.30. The van der Waals surface area contributed by atoms with Gasteiger partial charge in [0.2, 0.25) is 5.95 Å². The maximum absolute atomic E-state index is 9.37. The molecule has 0 fully saturated rings. The van der Waals surface area contributed by atoms with Crippen molar-refractivity contribution in [3.8, 4) is 0 Å². The van der Waals surface area contributed by atoms with Gasteiger partial charge in [0.05, 0.1) is 18.8 Å². The standard InChI is InChI=1S/C12H22N4O2/c1-3-6-13-11-14-7-5-10(15-11)16-12(4-2,8-17)9-18/h5,7,17-18H,3-4,6,8-9H2,1-2H3,(H2,13,14,15,16). The molecular weight excluding hydrogens is 232 g/mol. The molecule has 0 unspecified atom stereocenters. The number of hydrogen-bond acceptors (Lipinski definition) is 6. The van der Waals surface area contributed by atoms with Crippen LogP contribution in [0.5, 0.6) is 0 Å². The van der Waals surface area contributed by atoms with Gasteiger partial charge in [-0.1, -0.05) is 13.8 Å². The summed E-state index contributed by atoms with van der Waals surface area (Å²) in [5.41, 5.74) is -0.740. The summed E-state index contributed by atoms with van der Waals surface area (Å²) in [7, 11) is 0. The van der Waals surface area contributed by atoms with E-state index in [1.807, 2.05) is 6.92 Å². The number of aliphatic hydroxyl groups is 2. The minimum absolute atomic E-state index is 0.151. The van der Waals surface area contributed by atoms with Crippen molar-refractivity contribution < 1.29 is 10.2 Å². The fourth-order valence-electron chi connectivity index (χ4n) is 1.46. The molecule has 0 aromatic carbocycles. The quantitative estimate of drug-likeness (QED) is 0.550. The van der Waals surface area contributed by atoms with Crippen molar-refractivity contribution in [3.63, 3.8) is 0 Å². The summed E-state index contributed by atoms with van der Waals surface area (Å²) < 4.78 is 0. The number of aliphatic hydroxyl groups excluding tert-OH is 2. The van der Waals surface area contributed by atoms with Gasteiger partial charge in [0.15, 0.2) is 0 Å². The van der Waals surface area contributed by atoms with Gasteiger partial charge in [-0.15, -0.1) is 0 Å². The van der Waals surface area contributed by atoms with Gasteiger partial charge < -0.3 is 20.8 Å². The summed E-state index contributed by atoms with van der Waals surface area (Å²) in [6, 6.07) is 1.72. The van der Waals surface area contributed by atoms with Crippen molar-refractivity contribution in [2.24, 2.45) is 0 Å². The number of hydrogen-bond donors (Lipinski definition) is 4. The average Bonchev–Trinajstić information content (AvgIpc) is 2.43. The smallest absolute Gasteiger partial charge is 0.224 e.